The Balaban J connectivity index is 1.70. The average molecular weight is 580 g/mol. The molecule has 196 valence electrons. The van der Waals surface area contributed by atoms with Crippen molar-refractivity contribution in [2.75, 3.05) is 26.3 Å². The van der Waals surface area contributed by atoms with Gasteiger partial charge in [-0.25, -0.2) is 0 Å². The zero-order valence-electron chi connectivity index (χ0n) is 20.7. The van der Waals surface area contributed by atoms with Crippen LogP contribution >= 0.6 is 27.7 Å². The first-order valence-corrected chi connectivity index (χ1v) is 14.5. The van der Waals surface area contributed by atoms with Crippen LogP contribution in [0.3, 0.4) is 0 Å². The molecular weight excluding hydrogens is 544 g/mol. The minimum Gasteiger partial charge on any atom is -0.466 e. The molecule has 9 heteroatoms. The molecule has 4 rings (SSSR count). The molecule has 3 saturated heterocycles. The number of halogens is 1. The van der Waals surface area contributed by atoms with Crippen molar-refractivity contribution in [1.82, 2.24) is 9.80 Å². The number of fused-ring (bicyclic) bond motifs is 1. The number of alkyl halides is 1. The molecule has 1 aromatic rings. The predicted octanol–water partition coefficient (Wildman–Crippen LogP) is 3.39. The van der Waals surface area contributed by atoms with Gasteiger partial charge in [0.25, 0.3) is 0 Å². The average Bonchev–Trinajstić information content (AvgIpc) is 3.45. The topological polar surface area (TPSA) is 87.2 Å². The number of aliphatic hydroxyl groups excluding tert-OH is 1. The van der Waals surface area contributed by atoms with Crippen molar-refractivity contribution in [3.05, 3.63) is 48.6 Å². The lowest BCUT2D eigenvalue weighted by Crippen LogP contribution is -2.55. The van der Waals surface area contributed by atoms with Gasteiger partial charge in [-0.3, -0.25) is 14.4 Å². The molecule has 3 aliphatic heterocycles. The van der Waals surface area contributed by atoms with Gasteiger partial charge in [-0.1, -0.05) is 52.3 Å². The maximum absolute atomic E-state index is 14.3. The molecule has 3 aliphatic rings. The number of esters is 1. The number of carbonyl (C=O) groups excluding carboxylic acids is 3. The second kappa shape index (κ2) is 11.7. The molecule has 2 bridgehead atoms. The zero-order chi connectivity index (χ0) is 25.9. The van der Waals surface area contributed by atoms with Gasteiger partial charge in [-0.2, -0.15) is 0 Å². The van der Waals surface area contributed by atoms with Gasteiger partial charge >= 0.3 is 5.97 Å². The molecule has 3 heterocycles. The minimum absolute atomic E-state index is 0.0209. The fourth-order valence-electron chi connectivity index (χ4n) is 6.09. The first-order chi connectivity index (χ1) is 17.4. The fourth-order valence-corrected chi connectivity index (χ4v) is 9.69. The lowest BCUT2D eigenvalue weighted by molar-refractivity contribution is -0.153. The summed E-state index contributed by atoms with van der Waals surface area (Å²) in [4.78, 5) is 44.9. The molecule has 1 N–H and O–H groups in total. The number of hydrogen-bond acceptors (Lipinski definition) is 6. The Morgan fingerprint density at radius 2 is 2.06 bits per heavy atom. The van der Waals surface area contributed by atoms with Crippen molar-refractivity contribution in [1.29, 1.82) is 0 Å². The van der Waals surface area contributed by atoms with Crippen LogP contribution in [0.15, 0.2) is 43.0 Å². The molecule has 0 aromatic heterocycles. The van der Waals surface area contributed by atoms with E-state index in [1.54, 1.807) is 34.6 Å². The van der Waals surface area contributed by atoms with Gasteiger partial charge in [0.05, 0.1) is 23.2 Å². The highest BCUT2D eigenvalue weighted by Gasteiger charge is 2.76. The first kappa shape index (κ1) is 27.2. The number of nitrogens with zero attached hydrogens (tertiary/aromatic N) is 2. The summed E-state index contributed by atoms with van der Waals surface area (Å²) in [6, 6.07) is 9.14. The summed E-state index contributed by atoms with van der Waals surface area (Å²) in [6.07, 6.45) is 4.46. The van der Waals surface area contributed by atoms with E-state index in [2.05, 4.69) is 22.5 Å². The van der Waals surface area contributed by atoms with Gasteiger partial charge in [0.15, 0.2) is 0 Å². The number of hydrogen-bond donors (Lipinski definition) is 1. The van der Waals surface area contributed by atoms with E-state index in [0.717, 1.165) is 12.0 Å². The van der Waals surface area contributed by atoms with Crippen molar-refractivity contribution >= 4 is 45.5 Å². The van der Waals surface area contributed by atoms with Crippen LogP contribution in [0.25, 0.3) is 0 Å². The monoisotopic (exact) mass is 578 g/mol. The molecule has 3 unspecified atom stereocenters. The largest absolute Gasteiger partial charge is 0.466 e. The number of ether oxygens (including phenoxy) is 1. The Bertz CT molecular complexity index is 978. The fraction of sp³-hybridized carbons (Fsp3) is 0.593. The van der Waals surface area contributed by atoms with Gasteiger partial charge in [0.2, 0.25) is 11.8 Å². The van der Waals surface area contributed by atoms with Crippen LogP contribution in [0.2, 0.25) is 0 Å². The van der Waals surface area contributed by atoms with Crippen LogP contribution in [0.4, 0.5) is 0 Å². The number of benzene rings is 1. The summed E-state index contributed by atoms with van der Waals surface area (Å²) >= 11 is 5.40. The van der Waals surface area contributed by atoms with E-state index >= 15 is 0 Å². The number of unbranched alkanes of at least 4 members (excludes halogenated alkanes) is 2. The second-order valence-electron chi connectivity index (χ2n) is 9.72. The number of rotatable bonds is 12. The van der Waals surface area contributed by atoms with Crippen molar-refractivity contribution in [2.45, 2.75) is 60.0 Å². The molecule has 0 saturated carbocycles. The van der Waals surface area contributed by atoms with Crippen molar-refractivity contribution < 1.29 is 24.2 Å². The quantitative estimate of drug-likeness (QED) is 0.177. The maximum atomic E-state index is 14.3. The molecule has 2 amide bonds. The third kappa shape index (κ3) is 4.86. The van der Waals surface area contributed by atoms with Crippen LogP contribution in [-0.2, 0) is 25.7 Å². The van der Waals surface area contributed by atoms with Crippen molar-refractivity contribution in [3.63, 3.8) is 0 Å². The van der Waals surface area contributed by atoms with Crippen molar-refractivity contribution in [2.24, 2.45) is 11.8 Å². The summed E-state index contributed by atoms with van der Waals surface area (Å²) in [5.41, 5.74) is 1.01. The van der Waals surface area contributed by atoms with Gasteiger partial charge in [0.1, 0.15) is 6.04 Å². The van der Waals surface area contributed by atoms with Crippen LogP contribution in [-0.4, -0.2) is 79.9 Å². The van der Waals surface area contributed by atoms with E-state index in [0.29, 0.717) is 38.9 Å². The van der Waals surface area contributed by atoms with Crippen LogP contribution in [0.1, 0.15) is 38.2 Å². The van der Waals surface area contributed by atoms with E-state index in [9.17, 15) is 19.5 Å². The lowest BCUT2D eigenvalue weighted by atomic mass is 9.71. The minimum atomic E-state index is -0.683. The zero-order valence-corrected chi connectivity index (χ0v) is 23.1. The Hall–Kier alpha value is -1.84. The summed E-state index contributed by atoms with van der Waals surface area (Å²) in [7, 11) is 0. The molecule has 36 heavy (non-hydrogen) atoms. The third-order valence-electron chi connectivity index (χ3n) is 7.52. The van der Waals surface area contributed by atoms with E-state index in [1.165, 1.54) is 0 Å². The Labute approximate surface area is 225 Å². The van der Waals surface area contributed by atoms with Crippen LogP contribution in [0.5, 0.6) is 0 Å². The van der Waals surface area contributed by atoms with Gasteiger partial charge in [0, 0.05) is 36.3 Å². The molecule has 6 atom stereocenters. The van der Waals surface area contributed by atoms with E-state index < -0.39 is 22.6 Å². The number of carbonyl (C=O) groups is 3. The highest BCUT2D eigenvalue weighted by molar-refractivity contribution is 9.09. The number of aliphatic hydroxyl groups is 1. The summed E-state index contributed by atoms with van der Waals surface area (Å²) < 4.78 is 4.73. The lowest BCUT2D eigenvalue weighted by Gasteiger charge is -2.38. The van der Waals surface area contributed by atoms with Crippen molar-refractivity contribution in [3.8, 4) is 0 Å². The normalized spacial score (nSPS) is 30.4. The molecular formula is C27H35BrN2O5S. The molecule has 1 aromatic carbocycles. The number of likely N-dealkylation sites (tertiary alicyclic amines) is 1. The highest BCUT2D eigenvalue weighted by atomic mass is 79.9. The summed E-state index contributed by atoms with van der Waals surface area (Å²) in [5, 5.41) is 9.10. The van der Waals surface area contributed by atoms with Gasteiger partial charge < -0.3 is 19.6 Å². The number of amides is 2. The Morgan fingerprint density at radius 1 is 1.31 bits per heavy atom. The SMILES string of the molecule is C=CCN(Cc1ccccc1)C(=O)C1N(CCCCCO)C(=O)[C@@H]2[C@@H](C(=O)OCC)[C@@H]3SC12CC3Br. The highest BCUT2D eigenvalue weighted by Crippen LogP contribution is 2.68. The summed E-state index contributed by atoms with van der Waals surface area (Å²) in [6.45, 7) is 7.20. The molecule has 7 nitrogen and oxygen atoms in total. The molecule has 0 aliphatic carbocycles. The van der Waals surface area contributed by atoms with Gasteiger partial charge in [-0.15, -0.1) is 18.3 Å². The smallest absolute Gasteiger partial charge is 0.310 e. The third-order valence-corrected chi connectivity index (χ3v) is 10.7. The number of thioether (sulfide) groups is 1. The second-order valence-corrected chi connectivity index (χ2v) is 12.4. The maximum Gasteiger partial charge on any atom is 0.310 e. The first-order valence-electron chi connectivity index (χ1n) is 12.7. The van der Waals surface area contributed by atoms with Gasteiger partial charge in [-0.05, 0) is 38.2 Å². The molecule has 1 spiro atoms. The van der Waals surface area contributed by atoms with Crippen LogP contribution < -0.4 is 0 Å². The predicted molar refractivity (Wildman–Crippen MR) is 144 cm³/mol. The van der Waals surface area contributed by atoms with E-state index in [1.807, 2.05) is 30.3 Å². The molecule has 0 radical (unpaired) electrons. The van der Waals surface area contributed by atoms with E-state index in [4.69, 9.17) is 4.74 Å². The Morgan fingerprint density at radius 3 is 2.72 bits per heavy atom. The molecule has 3 fully saturated rings. The van der Waals surface area contributed by atoms with Crippen LogP contribution in [0, 0.1) is 11.8 Å². The van der Waals surface area contributed by atoms with E-state index in [-0.39, 0.29) is 41.1 Å². The summed E-state index contributed by atoms with van der Waals surface area (Å²) in [5.74, 6) is -1.72. The standard InChI is InChI=1S/C27H35BrN2O5S/c1-3-13-29(17-18-11-7-5-8-12-18)25(33)23-27-16-19(28)22(36-27)20(26(34)35-4-2)21(27)24(32)30(23)14-9-6-10-15-31/h3,5,7-8,11-12,19-23,31H,1,4,6,9-10,13-17H2,2H3/t19?,20-,21+,22-,23?,27?/m1/s1. The Kier molecular flexibility index (Phi) is 8.83.